The van der Waals surface area contributed by atoms with E-state index < -0.39 is 0 Å². The van der Waals surface area contributed by atoms with Crippen molar-refractivity contribution in [1.29, 1.82) is 0 Å². The average Bonchev–Trinajstić information content (AvgIpc) is 2.68. The van der Waals surface area contributed by atoms with Crippen LogP contribution >= 0.6 is 0 Å². The minimum absolute atomic E-state index is 0.599. The van der Waals surface area contributed by atoms with Gasteiger partial charge in [0.25, 0.3) is 0 Å². The minimum atomic E-state index is 0.599. The minimum Gasteiger partial charge on any atom is -0.357 e. The summed E-state index contributed by atoms with van der Waals surface area (Å²) in [6.45, 7) is 8.47. The van der Waals surface area contributed by atoms with Crippen LogP contribution in [0.15, 0.2) is 36.9 Å². The molecule has 0 aliphatic carbocycles. The molecule has 17 heavy (non-hydrogen) atoms. The van der Waals surface area contributed by atoms with Crippen molar-refractivity contribution in [3.8, 4) is 0 Å². The van der Waals surface area contributed by atoms with Crippen LogP contribution in [0.25, 0.3) is 10.9 Å². The number of hydrogen-bond donors (Lipinski definition) is 2. The topological polar surface area (TPSA) is 27.8 Å². The van der Waals surface area contributed by atoms with Crippen LogP contribution < -0.4 is 5.32 Å². The highest BCUT2D eigenvalue weighted by atomic mass is 14.9. The third-order valence-corrected chi connectivity index (χ3v) is 3.04. The van der Waals surface area contributed by atoms with E-state index in [0.29, 0.717) is 6.04 Å². The van der Waals surface area contributed by atoms with E-state index in [2.05, 4.69) is 48.1 Å². The molecule has 1 aromatic carbocycles. The second-order valence-electron chi connectivity index (χ2n) is 4.52. The summed E-state index contributed by atoms with van der Waals surface area (Å²) in [5, 5.41) is 4.87. The first-order chi connectivity index (χ1) is 8.26. The van der Waals surface area contributed by atoms with Gasteiger partial charge < -0.3 is 10.3 Å². The van der Waals surface area contributed by atoms with Crippen molar-refractivity contribution in [3.63, 3.8) is 0 Å². The lowest BCUT2D eigenvalue weighted by Gasteiger charge is -2.20. The molecule has 3 rings (SSSR count). The molecule has 0 saturated heterocycles. The van der Waals surface area contributed by atoms with Gasteiger partial charge in [0, 0.05) is 29.2 Å². The van der Waals surface area contributed by atoms with Crippen molar-refractivity contribution < 1.29 is 0 Å². The Labute approximate surface area is 103 Å². The highest BCUT2D eigenvalue weighted by Gasteiger charge is 2.18. The highest BCUT2D eigenvalue weighted by molar-refractivity contribution is 5.84. The standard InChI is InChI=1S/C12H14N2.C3H6/c1-8-6-10-9-4-2-3-5-11(9)14-12(10)7-13-8;1-3-2/h2-5,8,13-14H,6-7H2,1H3;3H,1H2,2H3/t8-;/m1./s1. The summed E-state index contributed by atoms with van der Waals surface area (Å²) in [5.74, 6) is 0. The predicted molar refractivity (Wildman–Crippen MR) is 74.2 cm³/mol. The van der Waals surface area contributed by atoms with Crippen molar-refractivity contribution in [2.45, 2.75) is 32.9 Å². The largest absolute Gasteiger partial charge is 0.357 e. The first kappa shape index (κ1) is 11.9. The second kappa shape index (κ2) is 5.19. The fourth-order valence-electron chi connectivity index (χ4n) is 2.29. The van der Waals surface area contributed by atoms with Gasteiger partial charge in [0.05, 0.1) is 0 Å². The highest BCUT2D eigenvalue weighted by Crippen LogP contribution is 2.25. The van der Waals surface area contributed by atoms with Crippen molar-refractivity contribution in [3.05, 3.63) is 48.2 Å². The quantitative estimate of drug-likeness (QED) is 0.665. The Morgan fingerprint density at radius 2 is 2.06 bits per heavy atom. The normalized spacial score (nSPS) is 18.1. The first-order valence-electron chi connectivity index (χ1n) is 6.15. The molecular weight excluding hydrogens is 208 g/mol. The summed E-state index contributed by atoms with van der Waals surface area (Å²) in [6.07, 6.45) is 2.89. The zero-order valence-corrected chi connectivity index (χ0v) is 10.6. The fraction of sp³-hybridized carbons (Fsp3) is 0.333. The maximum Gasteiger partial charge on any atom is 0.0459 e. The number of aromatic nitrogens is 1. The first-order valence-corrected chi connectivity index (χ1v) is 6.15. The van der Waals surface area contributed by atoms with E-state index >= 15 is 0 Å². The monoisotopic (exact) mass is 228 g/mol. The molecule has 1 aliphatic heterocycles. The second-order valence-corrected chi connectivity index (χ2v) is 4.52. The Morgan fingerprint density at radius 3 is 2.82 bits per heavy atom. The molecule has 2 N–H and O–H groups in total. The number of para-hydroxylation sites is 1. The SMILES string of the molecule is C=CC.C[C@@H]1Cc2c([nH]c3ccccc23)CN1. The van der Waals surface area contributed by atoms with Gasteiger partial charge in [0.2, 0.25) is 0 Å². The van der Waals surface area contributed by atoms with Crippen LogP contribution in [0.3, 0.4) is 0 Å². The smallest absolute Gasteiger partial charge is 0.0459 e. The number of nitrogens with one attached hydrogen (secondary N) is 2. The van der Waals surface area contributed by atoms with Gasteiger partial charge in [0.1, 0.15) is 0 Å². The van der Waals surface area contributed by atoms with Gasteiger partial charge in [-0.1, -0.05) is 24.3 Å². The van der Waals surface area contributed by atoms with Gasteiger partial charge in [-0.3, -0.25) is 0 Å². The van der Waals surface area contributed by atoms with E-state index in [9.17, 15) is 0 Å². The molecule has 1 aromatic heterocycles. The predicted octanol–water partition coefficient (Wildman–Crippen LogP) is 3.39. The number of H-pyrrole nitrogens is 1. The maximum atomic E-state index is 3.47. The Balaban J connectivity index is 0.000000329. The van der Waals surface area contributed by atoms with Crippen molar-refractivity contribution in [1.82, 2.24) is 10.3 Å². The molecule has 1 atom stereocenters. The number of rotatable bonds is 0. The molecule has 90 valence electrons. The molecule has 0 fully saturated rings. The molecule has 0 saturated carbocycles. The summed E-state index contributed by atoms with van der Waals surface area (Å²) in [5.41, 5.74) is 4.14. The van der Waals surface area contributed by atoms with E-state index in [1.807, 2.05) is 6.92 Å². The van der Waals surface area contributed by atoms with Gasteiger partial charge >= 0.3 is 0 Å². The van der Waals surface area contributed by atoms with Gasteiger partial charge in [-0.25, -0.2) is 0 Å². The van der Waals surface area contributed by atoms with Crippen LogP contribution in [0.1, 0.15) is 25.1 Å². The van der Waals surface area contributed by atoms with Gasteiger partial charge in [-0.2, -0.15) is 0 Å². The molecular formula is C15H20N2. The lowest BCUT2D eigenvalue weighted by Crippen LogP contribution is -2.32. The maximum absolute atomic E-state index is 3.47. The zero-order valence-electron chi connectivity index (χ0n) is 10.6. The molecule has 0 amide bonds. The van der Waals surface area contributed by atoms with Gasteiger partial charge in [0.15, 0.2) is 0 Å². The van der Waals surface area contributed by atoms with E-state index in [0.717, 1.165) is 13.0 Å². The van der Waals surface area contributed by atoms with Crippen molar-refractivity contribution in [2.24, 2.45) is 0 Å². The van der Waals surface area contributed by atoms with E-state index in [4.69, 9.17) is 0 Å². The third-order valence-electron chi connectivity index (χ3n) is 3.04. The van der Waals surface area contributed by atoms with E-state index in [1.165, 1.54) is 22.2 Å². The molecule has 2 nitrogen and oxygen atoms in total. The number of benzene rings is 1. The number of aromatic amines is 1. The molecule has 0 unspecified atom stereocenters. The van der Waals surface area contributed by atoms with Crippen LogP contribution in [0.2, 0.25) is 0 Å². The summed E-state index contributed by atoms with van der Waals surface area (Å²) >= 11 is 0. The molecule has 0 spiro atoms. The van der Waals surface area contributed by atoms with Crippen LogP contribution in [0, 0.1) is 0 Å². The summed E-state index contributed by atoms with van der Waals surface area (Å²) < 4.78 is 0. The average molecular weight is 228 g/mol. The Morgan fingerprint density at radius 1 is 1.35 bits per heavy atom. The Kier molecular flexibility index (Phi) is 3.64. The number of allylic oxidation sites excluding steroid dienone is 1. The van der Waals surface area contributed by atoms with Crippen molar-refractivity contribution in [2.75, 3.05) is 0 Å². The van der Waals surface area contributed by atoms with Gasteiger partial charge in [-0.15, -0.1) is 6.58 Å². The number of fused-ring (bicyclic) bond motifs is 3. The summed E-state index contributed by atoms with van der Waals surface area (Å²) in [7, 11) is 0. The lowest BCUT2D eigenvalue weighted by atomic mass is 10.00. The Hall–Kier alpha value is -1.54. The molecule has 2 heterocycles. The van der Waals surface area contributed by atoms with Crippen molar-refractivity contribution >= 4 is 10.9 Å². The lowest BCUT2D eigenvalue weighted by molar-refractivity contribution is 0.511. The molecule has 1 aliphatic rings. The van der Waals surface area contributed by atoms with E-state index in [-0.39, 0.29) is 0 Å². The van der Waals surface area contributed by atoms with Crippen LogP contribution in [-0.4, -0.2) is 11.0 Å². The molecule has 0 bridgehead atoms. The number of hydrogen-bond acceptors (Lipinski definition) is 1. The summed E-state index contributed by atoms with van der Waals surface area (Å²) in [4.78, 5) is 3.47. The fourth-order valence-corrected chi connectivity index (χ4v) is 2.29. The molecule has 2 aromatic rings. The Bertz CT molecular complexity index is 511. The van der Waals surface area contributed by atoms with Gasteiger partial charge in [-0.05, 0) is 31.9 Å². The molecule has 2 heteroatoms. The molecule has 0 radical (unpaired) electrons. The third kappa shape index (κ3) is 2.42. The zero-order chi connectivity index (χ0) is 12.3. The van der Waals surface area contributed by atoms with E-state index in [1.54, 1.807) is 6.08 Å². The van der Waals surface area contributed by atoms with Crippen LogP contribution in [0.5, 0.6) is 0 Å². The summed E-state index contributed by atoms with van der Waals surface area (Å²) in [6, 6.07) is 9.16. The van der Waals surface area contributed by atoms with Crippen LogP contribution in [-0.2, 0) is 13.0 Å². The van der Waals surface area contributed by atoms with Crippen LogP contribution in [0.4, 0.5) is 0 Å².